The van der Waals surface area contributed by atoms with Gasteiger partial charge in [-0.05, 0) is 48.2 Å². The number of hydrogen-bond donors (Lipinski definition) is 0. The Hall–Kier alpha value is -4.60. The first-order chi connectivity index (χ1) is 21.2. The Morgan fingerprint density at radius 1 is 0.884 bits per heavy atom. The lowest BCUT2D eigenvalue weighted by atomic mass is 10.1. The number of carbonyl (C=O) groups is 1. The molecule has 214 valence electrons. The second-order valence-electron chi connectivity index (χ2n) is 10.0. The largest absolute Gasteiger partial charge is 0.333 e. The van der Waals surface area contributed by atoms with Crippen molar-refractivity contribution in [3.05, 3.63) is 142 Å². The molecule has 3 heterocycles. The van der Waals surface area contributed by atoms with Crippen molar-refractivity contribution in [2.24, 2.45) is 0 Å². The van der Waals surface area contributed by atoms with Crippen LogP contribution in [-0.4, -0.2) is 42.1 Å². The summed E-state index contributed by atoms with van der Waals surface area (Å²) < 4.78 is 2.07. The molecule has 0 aliphatic rings. The molecule has 0 aliphatic carbocycles. The minimum Gasteiger partial charge on any atom is -0.333 e. The number of hydrogen-bond acceptors (Lipinski definition) is 7. The maximum absolute atomic E-state index is 13.7. The topological polar surface area (TPSA) is 76.8 Å². The van der Waals surface area contributed by atoms with Crippen LogP contribution in [0.15, 0.2) is 120 Å². The summed E-state index contributed by atoms with van der Waals surface area (Å²) in [4.78, 5) is 24.7. The number of aryl methyl sites for hydroxylation is 1. The lowest BCUT2D eigenvalue weighted by Gasteiger charge is -2.22. The van der Waals surface area contributed by atoms with Gasteiger partial charge in [-0.15, -0.1) is 21.5 Å². The first-order valence-corrected chi connectivity index (χ1v) is 15.9. The number of rotatable bonds is 11. The van der Waals surface area contributed by atoms with Gasteiger partial charge in [-0.3, -0.25) is 14.3 Å². The number of benzene rings is 3. The molecule has 3 aromatic heterocycles. The van der Waals surface area contributed by atoms with Gasteiger partial charge in [0.2, 0.25) is 0 Å². The fourth-order valence-electron chi connectivity index (χ4n) is 4.81. The summed E-state index contributed by atoms with van der Waals surface area (Å²) in [6.07, 6.45) is 4.32. The molecule has 43 heavy (non-hydrogen) atoms. The maximum Gasteiger partial charge on any atom is 0.273 e. The number of amides is 1. The molecule has 3 aromatic carbocycles. The van der Waals surface area contributed by atoms with Gasteiger partial charge in [0.05, 0.1) is 11.4 Å². The van der Waals surface area contributed by atoms with Crippen molar-refractivity contribution in [2.75, 3.05) is 6.54 Å². The van der Waals surface area contributed by atoms with Crippen molar-refractivity contribution in [3.63, 3.8) is 0 Å². The molecule has 0 spiro atoms. The van der Waals surface area contributed by atoms with Gasteiger partial charge in [0.1, 0.15) is 10.7 Å². The average molecular weight is 603 g/mol. The van der Waals surface area contributed by atoms with Gasteiger partial charge < -0.3 is 4.90 Å². The zero-order valence-corrected chi connectivity index (χ0v) is 25.3. The molecule has 6 rings (SSSR count). The summed E-state index contributed by atoms with van der Waals surface area (Å²) in [7, 11) is 0. The molecule has 0 atom stereocenters. The third-order valence-corrected chi connectivity index (χ3v) is 8.99. The quantitative estimate of drug-likeness (QED) is 0.145. The van der Waals surface area contributed by atoms with Gasteiger partial charge >= 0.3 is 0 Å². The fraction of sp³-hybridized carbons (Fsp3) is 0.147. The van der Waals surface area contributed by atoms with Gasteiger partial charge in [-0.25, -0.2) is 4.98 Å². The Morgan fingerprint density at radius 2 is 1.63 bits per heavy atom. The van der Waals surface area contributed by atoms with Crippen molar-refractivity contribution in [3.8, 4) is 17.1 Å². The molecular formula is C34H30N6OS2. The Morgan fingerprint density at radius 3 is 2.37 bits per heavy atom. The van der Waals surface area contributed by atoms with Crippen LogP contribution in [0.1, 0.15) is 32.2 Å². The standard InChI is InChI=1S/C34H30N6OS2/c1-25-11-8-9-17-30(25)40-32(28-16-10-19-35-21-28)37-38-34(40)43-24-31-36-29(23-42-31)33(41)39(22-27-14-6-3-7-15-27)20-18-26-12-4-2-5-13-26/h2-17,19,21,23H,18,20,22,24H2,1H3. The molecule has 6 aromatic rings. The van der Waals surface area contributed by atoms with Crippen molar-refractivity contribution in [1.82, 2.24) is 29.6 Å². The number of thioether (sulfide) groups is 1. The Labute approximate surface area is 259 Å². The van der Waals surface area contributed by atoms with Crippen LogP contribution in [0.25, 0.3) is 17.1 Å². The third-order valence-electron chi connectivity index (χ3n) is 7.02. The van der Waals surface area contributed by atoms with E-state index in [4.69, 9.17) is 4.98 Å². The zero-order valence-electron chi connectivity index (χ0n) is 23.7. The number of thiazole rings is 1. The smallest absolute Gasteiger partial charge is 0.273 e. The Kier molecular flexibility index (Phi) is 9.01. The van der Waals surface area contributed by atoms with E-state index in [-0.39, 0.29) is 5.91 Å². The molecule has 7 nitrogen and oxygen atoms in total. The van der Waals surface area contributed by atoms with E-state index in [1.807, 2.05) is 70.9 Å². The molecule has 9 heteroatoms. The average Bonchev–Trinajstić information content (AvgIpc) is 3.71. The van der Waals surface area contributed by atoms with Crippen LogP contribution >= 0.6 is 23.1 Å². The van der Waals surface area contributed by atoms with E-state index in [9.17, 15) is 4.79 Å². The summed E-state index contributed by atoms with van der Waals surface area (Å²) in [5.41, 5.74) is 5.79. The van der Waals surface area contributed by atoms with E-state index in [0.717, 1.165) is 44.8 Å². The van der Waals surface area contributed by atoms with E-state index in [1.165, 1.54) is 16.9 Å². The fourth-order valence-corrected chi connectivity index (χ4v) is 6.54. The van der Waals surface area contributed by atoms with Gasteiger partial charge in [0.25, 0.3) is 5.91 Å². The number of carbonyl (C=O) groups excluding carboxylic acids is 1. The molecule has 1 amide bonds. The highest BCUT2D eigenvalue weighted by atomic mass is 32.2. The first kappa shape index (κ1) is 28.5. The highest BCUT2D eigenvalue weighted by Gasteiger charge is 2.21. The summed E-state index contributed by atoms with van der Waals surface area (Å²) >= 11 is 3.05. The van der Waals surface area contributed by atoms with Crippen LogP contribution in [0, 0.1) is 6.92 Å². The van der Waals surface area contributed by atoms with Gasteiger partial charge in [0.15, 0.2) is 11.0 Å². The summed E-state index contributed by atoms with van der Waals surface area (Å²) in [6, 6.07) is 32.4. The molecule has 0 N–H and O–H groups in total. The highest BCUT2D eigenvalue weighted by molar-refractivity contribution is 7.98. The predicted octanol–water partition coefficient (Wildman–Crippen LogP) is 7.27. The van der Waals surface area contributed by atoms with Crippen LogP contribution in [-0.2, 0) is 18.7 Å². The van der Waals surface area contributed by atoms with E-state index in [1.54, 1.807) is 24.2 Å². The van der Waals surface area contributed by atoms with Crippen LogP contribution < -0.4 is 0 Å². The molecule has 0 radical (unpaired) electrons. The minimum atomic E-state index is -0.0609. The van der Waals surface area contributed by atoms with Crippen molar-refractivity contribution < 1.29 is 4.79 Å². The van der Waals surface area contributed by atoms with Crippen LogP contribution in [0.3, 0.4) is 0 Å². The molecule has 0 aliphatic heterocycles. The minimum absolute atomic E-state index is 0.0609. The van der Waals surface area contributed by atoms with Crippen LogP contribution in [0.5, 0.6) is 0 Å². The zero-order chi connectivity index (χ0) is 29.4. The summed E-state index contributed by atoms with van der Waals surface area (Å²) in [5.74, 6) is 1.24. The Balaban J connectivity index is 1.21. The van der Waals surface area contributed by atoms with Crippen LogP contribution in [0.2, 0.25) is 0 Å². The summed E-state index contributed by atoms with van der Waals surface area (Å²) in [5, 5.41) is 12.6. The summed E-state index contributed by atoms with van der Waals surface area (Å²) in [6.45, 7) is 3.22. The number of pyridine rings is 1. The Bertz CT molecular complexity index is 1790. The monoisotopic (exact) mass is 602 g/mol. The predicted molar refractivity (Wildman–Crippen MR) is 172 cm³/mol. The number of para-hydroxylation sites is 1. The number of aromatic nitrogens is 5. The SMILES string of the molecule is Cc1ccccc1-n1c(SCc2nc(C(=O)N(CCc3ccccc3)Cc3ccccc3)cs2)nnc1-c1cccnc1. The van der Waals surface area contributed by atoms with Crippen molar-refractivity contribution in [1.29, 1.82) is 0 Å². The molecule has 0 fully saturated rings. The van der Waals surface area contributed by atoms with Gasteiger partial charge in [-0.2, -0.15) is 0 Å². The lowest BCUT2D eigenvalue weighted by molar-refractivity contribution is 0.0740. The molecule has 0 saturated carbocycles. The third kappa shape index (κ3) is 6.90. The van der Waals surface area contributed by atoms with Gasteiger partial charge in [0, 0.05) is 36.4 Å². The molecule has 0 bridgehead atoms. The van der Waals surface area contributed by atoms with Crippen LogP contribution in [0.4, 0.5) is 0 Å². The first-order valence-electron chi connectivity index (χ1n) is 14.0. The van der Waals surface area contributed by atoms with E-state index < -0.39 is 0 Å². The lowest BCUT2D eigenvalue weighted by Crippen LogP contribution is -2.32. The molecule has 0 saturated heterocycles. The van der Waals surface area contributed by atoms with E-state index >= 15 is 0 Å². The second kappa shape index (κ2) is 13.6. The van der Waals surface area contributed by atoms with E-state index in [0.29, 0.717) is 24.5 Å². The van der Waals surface area contributed by atoms with Gasteiger partial charge in [-0.1, -0.05) is 90.6 Å². The highest BCUT2D eigenvalue weighted by Crippen LogP contribution is 2.31. The molecule has 0 unspecified atom stereocenters. The maximum atomic E-state index is 13.7. The van der Waals surface area contributed by atoms with Crippen molar-refractivity contribution in [2.45, 2.75) is 30.8 Å². The molecular weight excluding hydrogens is 573 g/mol. The normalized spacial score (nSPS) is 11.0. The van der Waals surface area contributed by atoms with Crippen molar-refractivity contribution >= 4 is 29.0 Å². The second-order valence-corrected chi connectivity index (χ2v) is 11.9. The number of nitrogens with zero attached hydrogens (tertiary/aromatic N) is 6. The van der Waals surface area contributed by atoms with E-state index in [2.05, 4.69) is 63.1 Å².